The van der Waals surface area contributed by atoms with Gasteiger partial charge in [-0.15, -0.1) is 0 Å². The minimum Gasteiger partial charge on any atom is -0.497 e. The second-order valence-corrected chi connectivity index (χ2v) is 5.44. The van der Waals surface area contributed by atoms with Crippen molar-refractivity contribution in [2.45, 2.75) is 12.8 Å². The van der Waals surface area contributed by atoms with Crippen molar-refractivity contribution in [1.82, 2.24) is 0 Å². The van der Waals surface area contributed by atoms with Crippen LogP contribution in [0.4, 0.5) is 17.1 Å². The summed E-state index contributed by atoms with van der Waals surface area (Å²) in [6.45, 7) is 1.47. The highest BCUT2D eigenvalue weighted by Crippen LogP contribution is 2.36. The second-order valence-electron chi connectivity index (χ2n) is 5.44. The second kappa shape index (κ2) is 6.56. The molecule has 1 heterocycles. The van der Waals surface area contributed by atoms with Gasteiger partial charge in [0, 0.05) is 30.4 Å². The zero-order valence-corrected chi connectivity index (χ0v) is 13.0. The molecule has 120 valence electrons. The Balaban J connectivity index is 1.72. The summed E-state index contributed by atoms with van der Waals surface area (Å²) in [4.78, 5) is 10.9. The van der Waals surface area contributed by atoms with Crippen LogP contribution in [0.1, 0.15) is 11.1 Å². The Bertz CT molecular complexity index is 714. The average molecular weight is 313 g/mol. The van der Waals surface area contributed by atoms with Gasteiger partial charge in [0.2, 0.25) is 0 Å². The number of hydrogen-bond acceptors (Lipinski definition) is 5. The third kappa shape index (κ3) is 3.21. The molecule has 2 aromatic rings. The number of nitro benzene ring substituents is 1. The normalized spacial score (nSPS) is 12.4. The Labute approximate surface area is 134 Å². The molecule has 0 aromatic heterocycles. The maximum Gasteiger partial charge on any atom is 0.292 e. The van der Waals surface area contributed by atoms with Crippen LogP contribution >= 0.6 is 0 Å². The topological polar surface area (TPSA) is 76.4 Å². The van der Waals surface area contributed by atoms with Crippen molar-refractivity contribution in [3.8, 4) is 5.75 Å². The van der Waals surface area contributed by atoms with Gasteiger partial charge in [0.25, 0.3) is 5.69 Å². The number of nitrogens with one attached hydrogen (secondary N) is 2. The highest BCUT2D eigenvalue weighted by molar-refractivity contribution is 5.77. The van der Waals surface area contributed by atoms with Gasteiger partial charge in [0.1, 0.15) is 11.4 Å². The maximum atomic E-state index is 11.3. The summed E-state index contributed by atoms with van der Waals surface area (Å²) in [5.74, 6) is 0.823. The SMILES string of the molecule is COc1ccc(CCNc2c([N+](=O)[O-])ccc3c2CCN3)cc1. The molecule has 0 saturated heterocycles. The first kappa shape index (κ1) is 15.1. The van der Waals surface area contributed by atoms with Crippen LogP contribution < -0.4 is 15.4 Å². The van der Waals surface area contributed by atoms with E-state index in [4.69, 9.17) is 4.74 Å². The summed E-state index contributed by atoms with van der Waals surface area (Å²) in [7, 11) is 1.64. The number of hydrogen-bond donors (Lipinski definition) is 2. The quantitative estimate of drug-likeness (QED) is 0.632. The van der Waals surface area contributed by atoms with E-state index in [0.29, 0.717) is 12.2 Å². The van der Waals surface area contributed by atoms with E-state index >= 15 is 0 Å². The minimum atomic E-state index is -0.325. The summed E-state index contributed by atoms with van der Waals surface area (Å²) in [5.41, 5.74) is 3.94. The third-order valence-corrected chi connectivity index (χ3v) is 4.05. The Morgan fingerprint density at radius 2 is 2.04 bits per heavy atom. The van der Waals surface area contributed by atoms with Gasteiger partial charge in [0.05, 0.1) is 12.0 Å². The standard InChI is InChI=1S/C17H19N3O3/c1-23-13-4-2-12(3-5-13)8-10-19-17-14-9-11-18-15(14)6-7-16(17)20(21)22/h2-7,18-19H,8-11H2,1H3. The van der Waals surface area contributed by atoms with Crippen molar-refractivity contribution in [1.29, 1.82) is 0 Å². The molecule has 0 amide bonds. The zero-order chi connectivity index (χ0) is 16.2. The number of nitro groups is 1. The predicted molar refractivity (Wildman–Crippen MR) is 90.5 cm³/mol. The lowest BCUT2D eigenvalue weighted by atomic mass is 10.1. The van der Waals surface area contributed by atoms with Gasteiger partial charge < -0.3 is 15.4 Å². The molecule has 1 aliphatic rings. The van der Waals surface area contributed by atoms with Gasteiger partial charge in [-0.1, -0.05) is 12.1 Å². The first-order valence-corrected chi connectivity index (χ1v) is 7.60. The summed E-state index contributed by atoms with van der Waals surface area (Å²) in [6.07, 6.45) is 1.60. The maximum absolute atomic E-state index is 11.3. The van der Waals surface area contributed by atoms with Crippen molar-refractivity contribution in [3.63, 3.8) is 0 Å². The van der Waals surface area contributed by atoms with E-state index < -0.39 is 0 Å². The van der Waals surface area contributed by atoms with Crippen LogP contribution in [0.2, 0.25) is 0 Å². The van der Waals surface area contributed by atoms with Crippen molar-refractivity contribution in [2.24, 2.45) is 0 Å². The molecular weight excluding hydrogens is 294 g/mol. The smallest absolute Gasteiger partial charge is 0.292 e. The highest BCUT2D eigenvalue weighted by Gasteiger charge is 2.23. The fourth-order valence-corrected chi connectivity index (χ4v) is 2.86. The number of methoxy groups -OCH3 is 1. The van der Waals surface area contributed by atoms with Crippen molar-refractivity contribution < 1.29 is 9.66 Å². The number of anilines is 2. The lowest BCUT2D eigenvalue weighted by Gasteiger charge is -2.12. The molecule has 2 N–H and O–H groups in total. The minimum absolute atomic E-state index is 0.141. The molecule has 0 atom stereocenters. The van der Waals surface area contributed by atoms with Crippen LogP contribution in [0, 0.1) is 10.1 Å². The van der Waals surface area contributed by atoms with Gasteiger partial charge in [-0.2, -0.15) is 0 Å². The van der Waals surface area contributed by atoms with Gasteiger partial charge in [-0.3, -0.25) is 10.1 Å². The molecule has 1 aliphatic heterocycles. The Hall–Kier alpha value is -2.76. The molecule has 0 spiro atoms. The Morgan fingerprint density at radius 1 is 1.26 bits per heavy atom. The lowest BCUT2D eigenvalue weighted by molar-refractivity contribution is -0.384. The van der Waals surface area contributed by atoms with Gasteiger partial charge in [-0.25, -0.2) is 0 Å². The van der Waals surface area contributed by atoms with Gasteiger partial charge >= 0.3 is 0 Å². The molecule has 2 aromatic carbocycles. The molecule has 0 unspecified atom stereocenters. The van der Waals surface area contributed by atoms with Crippen molar-refractivity contribution >= 4 is 17.1 Å². The Kier molecular flexibility index (Phi) is 4.32. The number of nitrogens with zero attached hydrogens (tertiary/aromatic N) is 1. The van der Waals surface area contributed by atoms with Crippen LogP contribution in [0.25, 0.3) is 0 Å². The van der Waals surface area contributed by atoms with Crippen LogP contribution in [-0.2, 0) is 12.8 Å². The molecule has 0 saturated carbocycles. The van der Waals surface area contributed by atoms with E-state index in [-0.39, 0.29) is 10.6 Å². The molecule has 0 fully saturated rings. The summed E-state index contributed by atoms with van der Waals surface area (Å²) in [6, 6.07) is 11.2. The number of benzene rings is 2. The van der Waals surface area contributed by atoms with E-state index in [1.807, 2.05) is 24.3 Å². The summed E-state index contributed by atoms with van der Waals surface area (Å²) >= 11 is 0. The van der Waals surface area contributed by atoms with Crippen molar-refractivity contribution in [2.75, 3.05) is 30.8 Å². The predicted octanol–water partition coefficient (Wildman–Crippen LogP) is 3.23. The molecule has 6 heteroatoms. The molecule has 0 aliphatic carbocycles. The largest absolute Gasteiger partial charge is 0.497 e. The molecular formula is C17H19N3O3. The molecule has 0 radical (unpaired) electrons. The Morgan fingerprint density at radius 3 is 2.74 bits per heavy atom. The summed E-state index contributed by atoms with van der Waals surface area (Å²) in [5, 5.41) is 17.8. The lowest BCUT2D eigenvalue weighted by Crippen LogP contribution is -2.09. The molecule has 3 rings (SSSR count). The fourth-order valence-electron chi connectivity index (χ4n) is 2.86. The van der Waals surface area contributed by atoms with Gasteiger partial charge in [0.15, 0.2) is 0 Å². The average Bonchev–Trinajstić information content (AvgIpc) is 3.04. The first-order valence-electron chi connectivity index (χ1n) is 7.60. The number of ether oxygens (including phenoxy) is 1. The van der Waals surface area contributed by atoms with Crippen LogP contribution in [0.5, 0.6) is 5.75 Å². The first-order chi connectivity index (χ1) is 11.2. The molecule has 0 bridgehead atoms. The summed E-state index contributed by atoms with van der Waals surface area (Å²) < 4.78 is 5.14. The van der Waals surface area contributed by atoms with Crippen LogP contribution in [-0.4, -0.2) is 25.1 Å². The van der Waals surface area contributed by atoms with E-state index in [1.165, 1.54) is 0 Å². The van der Waals surface area contributed by atoms with Crippen LogP contribution in [0.15, 0.2) is 36.4 Å². The van der Waals surface area contributed by atoms with E-state index in [0.717, 1.165) is 42.0 Å². The van der Waals surface area contributed by atoms with E-state index in [9.17, 15) is 10.1 Å². The van der Waals surface area contributed by atoms with E-state index in [1.54, 1.807) is 19.2 Å². The third-order valence-electron chi connectivity index (χ3n) is 4.05. The number of rotatable bonds is 6. The van der Waals surface area contributed by atoms with Crippen LogP contribution in [0.3, 0.4) is 0 Å². The highest BCUT2D eigenvalue weighted by atomic mass is 16.6. The fraction of sp³-hybridized carbons (Fsp3) is 0.294. The molecule has 6 nitrogen and oxygen atoms in total. The van der Waals surface area contributed by atoms with E-state index in [2.05, 4.69) is 10.6 Å². The number of fused-ring (bicyclic) bond motifs is 1. The zero-order valence-electron chi connectivity index (χ0n) is 13.0. The monoisotopic (exact) mass is 313 g/mol. The van der Waals surface area contributed by atoms with Gasteiger partial charge in [-0.05, 0) is 36.6 Å². The van der Waals surface area contributed by atoms with Crippen molar-refractivity contribution in [3.05, 3.63) is 57.6 Å². The molecule has 23 heavy (non-hydrogen) atoms.